The largest absolute Gasteiger partial charge is 0.421 e. The van der Waals surface area contributed by atoms with Gasteiger partial charge in [0, 0.05) is 38.2 Å². The van der Waals surface area contributed by atoms with Crippen LogP contribution in [0, 0.1) is 5.82 Å². The van der Waals surface area contributed by atoms with Gasteiger partial charge in [-0.05, 0) is 25.5 Å². The second-order valence-electron chi connectivity index (χ2n) is 7.43. The maximum Gasteiger partial charge on any atom is 0.250 e. The first-order chi connectivity index (χ1) is 14.5. The first-order valence-corrected chi connectivity index (χ1v) is 10.0. The molecule has 4 rings (SSSR count). The summed E-state index contributed by atoms with van der Waals surface area (Å²) in [6.07, 6.45) is 0.947. The van der Waals surface area contributed by atoms with Crippen molar-refractivity contribution in [2.45, 2.75) is 37.9 Å². The number of hydrogen-bond donors (Lipinski definition) is 2. The molecule has 1 aromatic heterocycles. The van der Waals surface area contributed by atoms with Crippen LogP contribution in [0.2, 0.25) is 0 Å². The molecule has 0 aliphatic carbocycles. The van der Waals surface area contributed by atoms with Crippen LogP contribution >= 0.6 is 0 Å². The van der Waals surface area contributed by atoms with Crippen LogP contribution in [-0.2, 0) is 20.7 Å². The molecule has 3 atom stereocenters. The zero-order chi connectivity index (χ0) is 21.1. The molecule has 0 radical (unpaired) electrons. The first-order valence-electron chi connectivity index (χ1n) is 10.0. The Morgan fingerprint density at radius 1 is 1.40 bits per heavy atom. The molecule has 1 aromatic carbocycles. The summed E-state index contributed by atoms with van der Waals surface area (Å²) < 4.78 is 24.8. The van der Waals surface area contributed by atoms with Crippen molar-refractivity contribution in [3.05, 3.63) is 36.0 Å². The number of piperazine rings is 1. The van der Waals surface area contributed by atoms with Gasteiger partial charge in [0.05, 0.1) is 11.6 Å². The molecule has 2 N–H and O–H groups in total. The predicted molar refractivity (Wildman–Crippen MR) is 104 cm³/mol. The van der Waals surface area contributed by atoms with Crippen molar-refractivity contribution in [1.29, 1.82) is 0 Å². The number of carbonyl (C=O) groups is 2. The third kappa shape index (κ3) is 4.34. The number of rotatable bonds is 7. The fraction of sp³-hybridized carbons (Fsp3) is 0.500. The van der Waals surface area contributed by atoms with E-state index in [1.54, 1.807) is 18.2 Å². The zero-order valence-electron chi connectivity index (χ0n) is 16.6. The molecule has 2 aliphatic heterocycles. The Morgan fingerprint density at radius 3 is 3.03 bits per heavy atom. The van der Waals surface area contributed by atoms with E-state index in [2.05, 4.69) is 25.7 Å². The van der Waals surface area contributed by atoms with Crippen LogP contribution in [-0.4, -0.2) is 71.3 Å². The lowest BCUT2D eigenvalue weighted by molar-refractivity contribution is -0.129. The van der Waals surface area contributed by atoms with Gasteiger partial charge in [-0.1, -0.05) is 12.1 Å². The van der Waals surface area contributed by atoms with E-state index < -0.39 is 5.82 Å². The number of nitrogens with one attached hydrogen (secondary N) is 2. The van der Waals surface area contributed by atoms with E-state index in [1.165, 1.54) is 6.07 Å². The number of carbonyl (C=O) groups excluding carboxylic acids is 2. The van der Waals surface area contributed by atoms with Crippen molar-refractivity contribution in [2.24, 2.45) is 0 Å². The lowest BCUT2D eigenvalue weighted by Crippen LogP contribution is -2.58. The summed E-state index contributed by atoms with van der Waals surface area (Å²) in [6.45, 7) is 3.29. The molecule has 10 heteroatoms. The fourth-order valence-electron chi connectivity index (χ4n) is 4.02. The maximum absolute atomic E-state index is 14.0. The molecule has 2 fully saturated rings. The van der Waals surface area contributed by atoms with Crippen molar-refractivity contribution in [3.63, 3.8) is 0 Å². The van der Waals surface area contributed by atoms with E-state index in [9.17, 15) is 14.0 Å². The molecule has 30 heavy (non-hydrogen) atoms. The minimum absolute atomic E-state index is 0.00803. The van der Waals surface area contributed by atoms with Crippen LogP contribution in [0.3, 0.4) is 0 Å². The molecule has 0 spiro atoms. The van der Waals surface area contributed by atoms with E-state index >= 15 is 0 Å². The minimum atomic E-state index is -0.428. The van der Waals surface area contributed by atoms with Crippen LogP contribution in [0.4, 0.5) is 4.39 Å². The van der Waals surface area contributed by atoms with Crippen molar-refractivity contribution >= 4 is 11.8 Å². The van der Waals surface area contributed by atoms with Crippen LogP contribution < -0.4 is 10.6 Å². The average Bonchev–Trinajstić information content (AvgIpc) is 3.36. The highest BCUT2D eigenvalue weighted by Gasteiger charge is 2.44. The Balaban J connectivity index is 1.42. The predicted octanol–water partition coefficient (Wildman–Crippen LogP) is 0.512. The third-order valence-electron chi connectivity index (χ3n) is 5.41. The molecule has 2 amide bonds. The smallest absolute Gasteiger partial charge is 0.250 e. The molecule has 9 nitrogen and oxygen atoms in total. The summed E-state index contributed by atoms with van der Waals surface area (Å²) in [5, 5.41) is 13.9. The molecule has 2 aromatic rings. The average molecular weight is 417 g/mol. The van der Waals surface area contributed by atoms with Crippen LogP contribution in [0.15, 0.2) is 28.7 Å². The van der Waals surface area contributed by atoms with Gasteiger partial charge in [0.15, 0.2) is 0 Å². The second-order valence-corrected chi connectivity index (χ2v) is 7.43. The summed E-state index contributed by atoms with van der Waals surface area (Å²) in [6, 6.07) is 5.70. The van der Waals surface area contributed by atoms with Gasteiger partial charge in [0.25, 0.3) is 5.89 Å². The topological polar surface area (TPSA) is 110 Å². The summed E-state index contributed by atoms with van der Waals surface area (Å²) >= 11 is 0. The van der Waals surface area contributed by atoms with E-state index in [0.29, 0.717) is 38.4 Å². The summed E-state index contributed by atoms with van der Waals surface area (Å²) in [7, 11) is 0. The number of ether oxygens (including phenoxy) is 1. The highest BCUT2D eigenvalue weighted by Crippen LogP contribution is 2.27. The Hall–Kier alpha value is -2.85. The molecular formula is C20H24FN5O4. The molecule has 3 heterocycles. The van der Waals surface area contributed by atoms with Gasteiger partial charge in [-0.25, -0.2) is 4.39 Å². The van der Waals surface area contributed by atoms with E-state index in [0.717, 1.165) is 0 Å². The van der Waals surface area contributed by atoms with Gasteiger partial charge in [-0.2, -0.15) is 0 Å². The van der Waals surface area contributed by atoms with Crippen LogP contribution in [0.25, 0.3) is 11.5 Å². The summed E-state index contributed by atoms with van der Waals surface area (Å²) in [4.78, 5) is 26.4. The van der Waals surface area contributed by atoms with Gasteiger partial charge >= 0.3 is 0 Å². The van der Waals surface area contributed by atoms with Crippen molar-refractivity contribution in [3.8, 4) is 11.5 Å². The lowest BCUT2D eigenvalue weighted by Gasteiger charge is -2.36. The van der Waals surface area contributed by atoms with E-state index in [1.807, 2.05) is 6.92 Å². The zero-order valence-corrected chi connectivity index (χ0v) is 16.6. The molecule has 0 unspecified atom stereocenters. The SMILES string of the molecule is CCOCC(=O)N[C@H]1C[C@H]2C(=O)NC[C@@H](Cc3nnc(-c4ccccc4F)o3)N2C1. The lowest BCUT2D eigenvalue weighted by atomic mass is 10.1. The number of amides is 2. The summed E-state index contributed by atoms with van der Waals surface area (Å²) in [5.74, 6) is -0.169. The highest BCUT2D eigenvalue weighted by atomic mass is 19.1. The first kappa shape index (κ1) is 20.4. The van der Waals surface area contributed by atoms with Gasteiger partial charge in [0.2, 0.25) is 17.7 Å². The Kier molecular flexibility index (Phi) is 6.05. The van der Waals surface area contributed by atoms with Crippen molar-refractivity contribution in [1.82, 2.24) is 25.7 Å². The number of fused-ring (bicyclic) bond motifs is 1. The van der Waals surface area contributed by atoms with Gasteiger partial charge in [0.1, 0.15) is 12.4 Å². The minimum Gasteiger partial charge on any atom is -0.421 e. The highest BCUT2D eigenvalue weighted by molar-refractivity contribution is 5.83. The quantitative estimate of drug-likeness (QED) is 0.676. The van der Waals surface area contributed by atoms with Gasteiger partial charge in [-0.15, -0.1) is 10.2 Å². The molecule has 0 bridgehead atoms. The number of halogens is 1. The molecule has 160 valence electrons. The standard InChI is InChI=1S/C20H24FN5O4/c1-2-29-11-17(27)23-12-7-16-19(28)22-9-13(26(16)10-12)8-18-24-25-20(30-18)14-5-3-4-6-15(14)21/h3-6,12-13,16H,2,7-11H2,1H3,(H,22,28)(H,23,27)/t12-,13+,16-/m0/s1. The summed E-state index contributed by atoms with van der Waals surface area (Å²) in [5.41, 5.74) is 0.254. The fourth-order valence-corrected chi connectivity index (χ4v) is 4.02. The Morgan fingerprint density at radius 2 is 2.23 bits per heavy atom. The van der Waals surface area contributed by atoms with Crippen LogP contribution in [0.5, 0.6) is 0 Å². The number of aromatic nitrogens is 2. The van der Waals surface area contributed by atoms with E-state index in [-0.39, 0.29) is 48.0 Å². The maximum atomic E-state index is 14.0. The van der Waals surface area contributed by atoms with Crippen LogP contribution in [0.1, 0.15) is 19.2 Å². The number of hydrogen-bond acceptors (Lipinski definition) is 7. The third-order valence-corrected chi connectivity index (χ3v) is 5.41. The normalized spacial score (nSPS) is 23.8. The van der Waals surface area contributed by atoms with E-state index in [4.69, 9.17) is 9.15 Å². The Labute approximate surface area is 173 Å². The molecular weight excluding hydrogens is 393 g/mol. The van der Waals surface area contributed by atoms with Crippen molar-refractivity contribution < 1.29 is 23.1 Å². The number of nitrogens with zero attached hydrogens (tertiary/aromatic N) is 3. The monoisotopic (exact) mass is 417 g/mol. The Bertz CT molecular complexity index is 920. The van der Waals surface area contributed by atoms with Crippen molar-refractivity contribution in [2.75, 3.05) is 26.3 Å². The molecule has 0 saturated carbocycles. The molecule has 2 aliphatic rings. The van der Waals surface area contributed by atoms with Gasteiger partial charge < -0.3 is 19.8 Å². The van der Waals surface area contributed by atoms with Gasteiger partial charge in [-0.3, -0.25) is 14.5 Å². The number of benzene rings is 1. The second kappa shape index (κ2) is 8.88. The molecule has 2 saturated heterocycles.